The molecule has 1 rings (SSSR count). The largest absolute Gasteiger partial charge is 0.380 e. The molecule has 0 bridgehead atoms. The van der Waals surface area contributed by atoms with Crippen LogP contribution in [0.5, 0.6) is 0 Å². The first-order chi connectivity index (χ1) is 6.33. The molecule has 0 saturated carbocycles. The minimum Gasteiger partial charge on any atom is -0.380 e. The molecule has 0 amide bonds. The molecule has 1 fully saturated rings. The van der Waals surface area contributed by atoms with Gasteiger partial charge in [-0.15, -0.1) is 0 Å². The summed E-state index contributed by atoms with van der Waals surface area (Å²) in [6, 6.07) is 0. The molecule has 13 heavy (non-hydrogen) atoms. The first kappa shape index (κ1) is 10.6. The van der Waals surface area contributed by atoms with Crippen LogP contribution >= 0.6 is 0 Å². The van der Waals surface area contributed by atoms with E-state index in [1.165, 1.54) is 32.4 Å². The van der Waals surface area contributed by atoms with Gasteiger partial charge in [0.1, 0.15) is 6.10 Å². The normalized spacial score (nSPS) is 20.5. The monoisotopic (exact) mass is 181 g/mol. The molecule has 1 atom stereocenters. The van der Waals surface area contributed by atoms with Crippen molar-refractivity contribution >= 4 is 0 Å². The van der Waals surface area contributed by atoms with Gasteiger partial charge in [0.25, 0.3) is 0 Å². The van der Waals surface area contributed by atoms with Crippen LogP contribution in [-0.4, -0.2) is 35.7 Å². The number of nitrogens with zero attached hydrogens (tertiary/aromatic N) is 1. The Morgan fingerprint density at radius 3 is 2.62 bits per heavy atom. The predicted molar refractivity (Wildman–Crippen MR) is 54.4 cm³/mol. The van der Waals surface area contributed by atoms with Gasteiger partial charge in [0, 0.05) is 0 Å². The van der Waals surface area contributed by atoms with Crippen LogP contribution in [0.1, 0.15) is 32.6 Å². The van der Waals surface area contributed by atoms with Crippen molar-refractivity contribution in [2.45, 2.75) is 38.7 Å². The van der Waals surface area contributed by atoms with Crippen LogP contribution < -0.4 is 0 Å². The van der Waals surface area contributed by atoms with Gasteiger partial charge in [-0.05, 0) is 32.4 Å². The number of likely N-dealkylation sites (tertiary alicyclic amines) is 1. The molecule has 1 heterocycles. The fraction of sp³-hybridized carbons (Fsp3) is 0.818. The highest BCUT2D eigenvalue weighted by Crippen LogP contribution is 2.07. The maximum atomic E-state index is 9.20. The van der Waals surface area contributed by atoms with E-state index in [1.807, 2.05) is 6.92 Å². The van der Waals surface area contributed by atoms with E-state index < -0.39 is 6.10 Å². The lowest BCUT2D eigenvalue weighted by atomic mass is 10.1. The number of hydrogen-bond acceptors (Lipinski definition) is 2. The van der Waals surface area contributed by atoms with Gasteiger partial charge in [0.15, 0.2) is 0 Å². The summed E-state index contributed by atoms with van der Waals surface area (Å²) >= 11 is 0. The van der Waals surface area contributed by atoms with Crippen molar-refractivity contribution in [2.75, 3.05) is 19.6 Å². The van der Waals surface area contributed by atoms with E-state index in [2.05, 4.69) is 16.7 Å². The maximum absolute atomic E-state index is 9.20. The third-order valence-electron chi connectivity index (χ3n) is 2.41. The molecule has 0 aromatic rings. The summed E-state index contributed by atoms with van der Waals surface area (Å²) in [5.41, 5.74) is 0. The van der Waals surface area contributed by atoms with Crippen LogP contribution in [0.15, 0.2) is 0 Å². The second-order valence-electron chi connectivity index (χ2n) is 3.58. The zero-order valence-electron chi connectivity index (χ0n) is 8.42. The summed E-state index contributed by atoms with van der Waals surface area (Å²) in [5, 5.41) is 9.20. The van der Waals surface area contributed by atoms with Gasteiger partial charge in [-0.2, -0.15) is 0 Å². The topological polar surface area (TPSA) is 23.5 Å². The number of hydrogen-bond donors (Lipinski definition) is 1. The highest BCUT2D eigenvalue weighted by Gasteiger charge is 2.07. The third-order valence-corrected chi connectivity index (χ3v) is 2.41. The fourth-order valence-electron chi connectivity index (χ4n) is 1.49. The van der Waals surface area contributed by atoms with Crippen LogP contribution in [0.2, 0.25) is 0 Å². The van der Waals surface area contributed by atoms with Gasteiger partial charge >= 0.3 is 0 Å². The van der Waals surface area contributed by atoms with E-state index in [4.69, 9.17) is 0 Å². The van der Waals surface area contributed by atoms with E-state index in [0.29, 0.717) is 0 Å². The predicted octanol–water partition coefficient (Wildman–Crippen LogP) is 1.25. The second kappa shape index (κ2) is 6.01. The zero-order valence-corrected chi connectivity index (χ0v) is 8.42. The molecule has 74 valence electrons. The van der Waals surface area contributed by atoms with Gasteiger partial charge in [-0.3, -0.25) is 4.90 Å². The van der Waals surface area contributed by atoms with Gasteiger partial charge in [-0.25, -0.2) is 0 Å². The van der Waals surface area contributed by atoms with Crippen LogP contribution in [0.4, 0.5) is 0 Å². The van der Waals surface area contributed by atoms with Gasteiger partial charge in [0.05, 0.1) is 6.54 Å². The van der Waals surface area contributed by atoms with Crippen molar-refractivity contribution in [3.63, 3.8) is 0 Å². The number of aliphatic hydroxyl groups excluding tert-OH is 1. The quantitative estimate of drug-likeness (QED) is 0.648. The molecule has 0 aromatic heterocycles. The lowest BCUT2D eigenvalue weighted by Crippen LogP contribution is -2.30. The first-order valence-corrected chi connectivity index (χ1v) is 5.21. The third kappa shape index (κ3) is 4.31. The molecule has 0 unspecified atom stereocenters. The van der Waals surface area contributed by atoms with Crippen LogP contribution in [0.3, 0.4) is 0 Å². The summed E-state index contributed by atoms with van der Waals surface area (Å²) in [7, 11) is 0. The Labute approximate surface area is 80.9 Å². The highest BCUT2D eigenvalue weighted by atomic mass is 16.3. The van der Waals surface area contributed by atoms with E-state index in [1.54, 1.807) is 0 Å². The van der Waals surface area contributed by atoms with E-state index in [9.17, 15) is 5.11 Å². The van der Waals surface area contributed by atoms with Gasteiger partial charge in [-0.1, -0.05) is 25.2 Å². The SMILES string of the molecule is CC[C@@H](O)C#CCN1CCCCC1. The van der Waals surface area contributed by atoms with Crippen molar-refractivity contribution < 1.29 is 5.11 Å². The Hall–Kier alpha value is -0.520. The molecule has 0 aromatic carbocycles. The fourth-order valence-corrected chi connectivity index (χ4v) is 1.49. The Bertz CT molecular complexity index is 186. The smallest absolute Gasteiger partial charge is 0.114 e. The average Bonchev–Trinajstić information content (AvgIpc) is 2.19. The number of piperidine rings is 1. The molecule has 1 aliphatic rings. The molecule has 2 heteroatoms. The molecule has 1 N–H and O–H groups in total. The van der Waals surface area contributed by atoms with Crippen molar-refractivity contribution in [2.24, 2.45) is 0 Å². The van der Waals surface area contributed by atoms with Gasteiger partial charge in [0.2, 0.25) is 0 Å². The van der Waals surface area contributed by atoms with E-state index in [0.717, 1.165) is 13.0 Å². The maximum Gasteiger partial charge on any atom is 0.114 e. The molecule has 0 spiro atoms. The highest BCUT2D eigenvalue weighted by molar-refractivity contribution is 5.06. The molecule has 2 nitrogen and oxygen atoms in total. The Balaban J connectivity index is 2.18. The standard InChI is InChI=1S/C11H19NO/c1-2-11(13)7-6-10-12-8-4-3-5-9-12/h11,13H,2-5,8-10H2,1H3/t11-/m1/s1. The molecule has 0 aliphatic carbocycles. The Morgan fingerprint density at radius 2 is 2.00 bits per heavy atom. The lowest BCUT2D eigenvalue weighted by Gasteiger charge is -2.23. The first-order valence-electron chi connectivity index (χ1n) is 5.21. The van der Waals surface area contributed by atoms with Crippen LogP contribution in [0.25, 0.3) is 0 Å². The number of aliphatic hydroxyl groups is 1. The van der Waals surface area contributed by atoms with Crippen LogP contribution in [-0.2, 0) is 0 Å². The minimum atomic E-state index is -0.426. The summed E-state index contributed by atoms with van der Waals surface area (Å²) in [4.78, 5) is 2.36. The van der Waals surface area contributed by atoms with E-state index >= 15 is 0 Å². The van der Waals surface area contributed by atoms with Crippen molar-refractivity contribution in [1.29, 1.82) is 0 Å². The minimum absolute atomic E-state index is 0.426. The molecule has 0 radical (unpaired) electrons. The molecular formula is C11H19NO. The summed E-state index contributed by atoms with van der Waals surface area (Å²) in [5.74, 6) is 5.88. The van der Waals surface area contributed by atoms with Crippen molar-refractivity contribution in [3.05, 3.63) is 0 Å². The summed E-state index contributed by atoms with van der Waals surface area (Å²) < 4.78 is 0. The van der Waals surface area contributed by atoms with Gasteiger partial charge < -0.3 is 5.11 Å². The van der Waals surface area contributed by atoms with Crippen molar-refractivity contribution in [1.82, 2.24) is 4.90 Å². The summed E-state index contributed by atoms with van der Waals surface area (Å²) in [6.07, 6.45) is 4.27. The molecule has 1 saturated heterocycles. The lowest BCUT2D eigenvalue weighted by molar-refractivity contribution is 0.227. The van der Waals surface area contributed by atoms with Crippen molar-refractivity contribution in [3.8, 4) is 11.8 Å². The Morgan fingerprint density at radius 1 is 1.31 bits per heavy atom. The average molecular weight is 181 g/mol. The number of rotatable bonds is 2. The molecular weight excluding hydrogens is 162 g/mol. The molecule has 1 aliphatic heterocycles. The van der Waals surface area contributed by atoms with E-state index in [-0.39, 0.29) is 0 Å². The van der Waals surface area contributed by atoms with Crippen LogP contribution in [0, 0.1) is 11.8 Å². The summed E-state index contributed by atoms with van der Waals surface area (Å²) in [6.45, 7) is 5.13. The zero-order chi connectivity index (χ0) is 9.52. The second-order valence-corrected chi connectivity index (χ2v) is 3.58. The Kier molecular flexibility index (Phi) is 4.88.